The summed E-state index contributed by atoms with van der Waals surface area (Å²) in [4.78, 5) is 1.71. The Hall–Kier alpha value is -1.94. The highest BCUT2D eigenvalue weighted by Crippen LogP contribution is 2.32. The molecule has 0 aliphatic carbocycles. The number of hydrogen-bond donors (Lipinski definition) is 1. The van der Waals surface area contributed by atoms with Gasteiger partial charge in [-0.1, -0.05) is 6.07 Å². The van der Waals surface area contributed by atoms with E-state index in [-0.39, 0.29) is 11.4 Å². The van der Waals surface area contributed by atoms with Crippen molar-refractivity contribution in [3.63, 3.8) is 0 Å². The highest BCUT2D eigenvalue weighted by Gasteiger charge is 2.17. The average Bonchev–Trinajstić information content (AvgIpc) is 2.38. The summed E-state index contributed by atoms with van der Waals surface area (Å²) in [5, 5.41) is 9.70. The van der Waals surface area contributed by atoms with Gasteiger partial charge in [-0.2, -0.15) is 0 Å². The third kappa shape index (κ3) is 2.74. The summed E-state index contributed by atoms with van der Waals surface area (Å²) >= 11 is 0. The van der Waals surface area contributed by atoms with E-state index in [1.54, 1.807) is 36.2 Å². The number of aliphatic hydroxyl groups is 1. The van der Waals surface area contributed by atoms with E-state index in [2.05, 4.69) is 0 Å². The second-order valence-electron chi connectivity index (χ2n) is 4.38. The third-order valence-electron chi connectivity index (χ3n) is 3.02. The van der Waals surface area contributed by atoms with Crippen LogP contribution in [0.3, 0.4) is 0 Å². The van der Waals surface area contributed by atoms with Crippen molar-refractivity contribution in [1.29, 1.82) is 0 Å². The van der Waals surface area contributed by atoms with Crippen molar-refractivity contribution in [1.82, 2.24) is 0 Å². The largest absolute Gasteiger partial charge is 0.389 e. The van der Waals surface area contributed by atoms with Crippen molar-refractivity contribution >= 4 is 11.4 Å². The van der Waals surface area contributed by atoms with E-state index in [0.29, 0.717) is 11.4 Å². The average molecular weight is 263 g/mol. The molecule has 0 fully saturated rings. The van der Waals surface area contributed by atoms with Gasteiger partial charge in [-0.25, -0.2) is 8.78 Å². The van der Waals surface area contributed by atoms with Crippen LogP contribution in [0.2, 0.25) is 0 Å². The minimum Gasteiger partial charge on any atom is -0.389 e. The van der Waals surface area contributed by atoms with E-state index >= 15 is 0 Å². The molecule has 4 heteroatoms. The molecule has 2 nitrogen and oxygen atoms in total. The lowest BCUT2D eigenvalue weighted by atomic mass is 10.1. The quantitative estimate of drug-likeness (QED) is 0.910. The summed E-state index contributed by atoms with van der Waals surface area (Å²) in [5.74, 6) is -0.784. The first-order valence-electron chi connectivity index (χ1n) is 5.96. The predicted octanol–water partition coefficient (Wildman–Crippen LogP) is 3.79. The molecule has 19 heavy (non-hydrogen) atoms. The smallest absolute Gasteiger partial charge is 0.131 e. The van der Waals surface area contributed by atoms with E-state index in [1.807, 2.05) is 0 Å². The van der Waals surface area contributed by atoms with Gasteiger partial charge in [0.25, 0.3) is 0 Å². The number of hydrogen-bond acceptors (Lipinski definition) is 2. The fourth-order valence-electron chi connectivity index (χ4n) is 2.04. The molecule has 1 N–H and O–H groups in total. The Morgan fingerprint density at radius 1 is 1.05 bits per heavy atom. The van der Waals surface area contributed by atoms with Gasteiger partial charge in [-0.3, -0.25) is 0 Å². The molecule has 0 saturated heterocycles. The van der Waals surface area contributed by atoms with Crippen LogP contribution in [0.1, 0.15) is 18.6 Å². The monoisotopic (exact) mass is 263 g/mol. The normalized spacial score (nSPS) is 12.3. The van der Waals surface area contributed by atoms with E-state index in [0.717, 1.165) is 0 Å². The van der Waals surface area contributed by atoms with Gasteiger partial charge in [0.2, 0.25) is 0 Å². The Labute approximate surface area is 110 Å². The molecule has 0 aliphatic heterocycles. The summed E-state index contributed by atoms with van der Waals surface area (Å²) in [6.07, 6.45) is -0.918. The first kappa shape index (κ1) is 13.5. The lowest BCUT2D eigenvalue weighted by Gasteiger charge is -2.24. The van der Waals surface area contributed by atoms with Crippen LogP contribution >= 0.6 is 0 Å². The van der Waals surface area contributed by atoms with Crippen LogP contribution in [0.25, 0.3) is 0 Å². The number of aliphatic hydroxyl groups excluding tert-OH is 1. The van der Waals surface area contributed by atoms with Crippen molar-refractivity contribution in [2.45, 2.75) is 13.0 Å². The zero-order chi connectivity index (χ0) is 14.0. The second kappa shape index (κ2) is 5.36. The van der Waals surface area contributed by atoms with Crippen LogP contribution < -0.4 is 4.90 Å². The van der Waals surface area contributed by atoms with E-state index in [4.69, 9.17) is 0 Å². The molecule has 0 bridgehead atoms. The predicted molar refractivity (Wildman–Crippen MR) is 71.5 cm³/mol. The number of anilines is 2. The molecule has 0 heterocycles. The highest BCUT2D eigenvalue weighted by atomic mass is 19.1. The second-order valence-corrected chi connectivity index (χ2v) is 4.38. The lowest BCUT2D eigenvalue weighted by Crippen LogP contribution is -2.14. The standard InChI is InChI=1S/C15H15F2NO/c1-10(19)15-13(17)4-3-5-14(15)18(2)12-8-6-11(16)7-9-12/h3-10,19H,1-2H3. The zero-order valence-electron chi connectivity index (χ0n) is 10.8. The van der Waals surface area contributed by atoms with Gasteiger partial charge in [0, 0.05) is 24.0 Å². The number of benzene rings is 2. The number of nitrogens with zero attached hydrogens (tertiary/aromatic N) is 1. The summed E-state index contributed by atoms with van der Waals surface area (Å²) in [7, 11) is 1.74. The van der Waals surface area contributed by atoms with Gasteiger partial charge in [0.1, 0.15) is 11.6 Å². The molecule has 0 aliphatic rings. The molecule has 1 unspecified atom stereocenters. The van der Waals surface area contributed by atoms with Gasteiger partial charge in [-0.05, 0) is 43.3 Å². The molecule has 0 radical (unpaired) electrons. The zero-order valence-corrected chi connectivity index (χ0v) is 10.8. The fraction of sp³-hybridized carbons (Fsp3) is 0.200. The molecule has 2 aromatic rings. The summed E-state index contributed by atoms with van der Waals surface area (Å²) in [6.45, 7) is 1.51. The fourth-order valence-corrected chi connectivity index (χ4v) is 2.04. The Morgan fingerprint density at radius 3 is 2.26 bits per heavy atom. The van der Waals surface area contributed by atoms with Gasteiger partial charge in [-0.15, -0.1) is 0 Å². The van der Waals surface area contributed by atoms with Crippen molar-refractivity contribution in [3.8, 4) is 0 Å². The highest BCUT2D eigenvalue weighted by molar-refractivity contribution is 5.66. The maximum absolute atomic E-state index is 13.8. The maximum Gasteiger partial charge on any atom is 0.131 e. The molecule has 0 aromatic heterocycles. The molecule has 1 atom stereocenters. The van der Waals surface area contributed by atoms with Gasteiger partial charge >= 0.3 is 0 Å². The van der Waals surface area contributed by atoms with E-state index in [9.17, 15) is 13.9 Å². The van der Waals surface area contributed by atoms with Gasteiger partial charge in [0.05, 0.1) is 6.10 Å². The third-order valence-corrected chi connectivity index (χ3v) is 3.02. The van der Waals surface area contributed by atoms with Crippen molar-refractivity contribution in [3.05, 3.63) is 59.7 Å². The Balaban J connectivity index is 2.46. The van der Waals surface area contributed by atoms with Crippen molar-refractivity contribution in [2.24, 2.45) is 0 Å². The minimum atomic E-state index is -0.918. The van der Waals surface area contributed by atoms with Crippen LogP contribution in [0.4, 0.5) is 20.2 Å². The lowest BCUT2D eigenvalue weighted by molar-refractivity contribution is 0.194. The summed E-state index contributed by atoms with van der Waals surface area (Å²) in [6, 6.07) is 10.5. The number of rotatable bonds is 3. The Morgan fingerprint density at radius 2 is 1.68 bits per heavy atom. The van der Waals surface area contributed by atoms with Crippen LogP contribution in [-0.2, 0) is 0 Å². The van der Waals surface area contributed by atoms with Crippen LogP contribution in [0, 0.1) is 11.6 Å². The molecular formula is C15H15F2NO. The molecule has 2 rings (SSSR count). The molecule has 0 spiro atoms. The van der Waals surface area contributed by atoms with Crippen LogP contribution in [0.15, 0.2) is 42.5 Å². The summed E-state index contributed by atoms with van der Waals surface area (Å²) < 4.78 is 26.7. The van der Waals surface area contributed by atoms with Crippen molar-refractivity contribution < 1.29 is 13.9 Å². The topological polar surface area (TPSA) is 23.5 Å². The van der Waals surface area contributed by atoms with Gasteiger partial charge < -0.3 is 10.0 Å². The first-order chi connectivity index (χ1) is 9.00. The molecular weight excluding hydrogens is 248 g/mol. The Bertz CT molecular complexity index is 567. The molecule has 0 saturated carbocycles. The van der Waals surface area contributed by atoms with Gasteiger partial charge in [0.15, 0.2) is 0 Å². The summed E-state index contributed by atoms with van der Waals surface area (Å²) in [5.41, 5.74) is 1.50. The maximum atomic E-state index is 13.8. The molecule has 0 amide bonds. The molecule has 100 valence electrons. The number of halogens is 2. The first-order valence-corrected chi connectivity index (χ1v) is 5.96. The van der Waals surface area contributed by atoms with E-state index < -0.39 is 11.9 Å². The molecule has 2 aromatic carbocycles. The van der Waals surface area contributed by atoms with Crippen LogP contribution in [0.5, 0.6) is 0 Å². The SMILES string of the molecule is CC(O)c1c(F)cccc1N(C)c1ccc(F)cc1. The minimum absolute atomic E-state index is 0.231. The van der Waals surface area contributed by atoms with Crippen LogP contribution in [-0.4, -0.2) is 12.2 Å². The Kier molecular flexibility index (Phi) is 3.81. The van der Waals surface area contributed by atoms with Crippen molar-refractivity contribution in [2.75, 3.05) is 11.9 Å². The van der Waals surface area contributed by atoms with E-state index in [1.165, 1.54) is 25.1 Å².